The minimum atomic E-state index is -1.00. The maximum absolute atomic E-state index is 13.0. The summed E-state index contributed by atoms with van der Waals surface area (Å²) in [4.78, 5) is 49.3. The number of rotatable bonds is 3. The number of esters is 3. The Bertz CT molecular complexity index is 1170. The molecule has 4 aliphatic carbocycles. The van der Waals surface area contributed by atoms with Crippen molar-refractivity contribution in [2.75, 3.05) is 0 Å². The molecule has 8 atom stereocenters. The molecule has 0 spiro atoms. The average molecular weight is 511 g/mol. The van der Waals surface area contributed by atoms with Crippen LogP contribution in [0.2, 0.25) is 0 Å². The van der Waals surface area contributed by atoms with E-state index in [-0.39, 0.29) is 46.4 Å². The van der Waals surface area contributed by atoms with Crippen LogP contribution < -0.4 is 0 Å². The minimum Gasteiger partial charge on any atom is -0.462 e. The van der Waals surface area contributed by atoms with Crippen molar-refractivity contribution in [3.8, 4) is 0 Å². The SMILES string of the molecule is CC(=O)O[C@H]1OC(=O)C=C1[C@@H]1CC=C2[C@]3(C)[C@H](OC(C)=O)CC4C(C)(C)C(=O)C=C[C@]4(C)[C@H]3CC[C@]21C. The fourth-order valence-corrected chi connectivity index (χ4v) is 9.04. The van der Waals surface area contributed by atoms with Crippen LogP contribution in [0.25, 0.3) is 0 Å². The zero-order valence-electron chi connectivity index (χ0n) is 22.9. The van der Waals surface area contributed by atoms with Gasteiger partial charge in [-0.3, -0.25) is 14.4 Å². The molecule has 5 aliphatic rings. The van der Waals surface area contributed by atoms with Crippen LogP contribution in [0.1, 0.15) is 74.1 Å². The lowest BCUT2D eigenvalue weighted by Crippen LogP contribution is -2.64. The summed E-state index contributed by atoms with van der Waals surface area (Å²) < 4.78 is 16.8. The van der Waals surface area contributed by atoms with Gasteiger partial charge in [-0.1, -0.05) is 52.3 Å². The third kappa shape index (κ3) is 3.52. The van der Waals surface area contributed by atoms with E-state index in [1.165, 1.54) is 25.5 Å². The van der Waals surface area contributed by atoms with Crippen LogP contribution in [0.4, 0.5) is 0 Å². The quantitative estimate of drug-likeness (QED) is 0.396. The molecule has 0 aromatic carbocycles. The van der Waals surface area contributed by atoms with Crippen LogP contribution in [0.3, 0.4) is 0 Å². The van der Waals surface area contributed by atoms with Gasteiger partial charge in [0.25, 0.3) is 6.29 Å². The zero-order valence-corrected chi connectivity index (χ0v) is 22.9. The highest BCUT2D eigenvalue weighted by Crippen LogP contribution is 2.72. The van der Waals surface area contributed by atoms with E-state index in [9.17, 15) is 19.2 Å². The van der Waals surface area contributed by atoms with Gasteiger partial charge in [-0.2, -0.15) is 0 Å². The highest BCUT2D eigenvalue weighted by atomic mass is 16.7. The molecule has 37 heavy (non-hydrogen) atoms. The third-order valence-corrected chi connectivity index (χ3v) is 10.7. The second-order valence-electron chi connectivity index (χ2n) is 12.9. The fraction of sp³-hybridized carbons (Fsp3) is 0.667. The van der Waals surface area contributed by atoms with Gasteiger partial charge < -0.3 is 14.2 Å². The third-order valence-electron chi connectivity index (χ3n) is 10.7. The van der Waals surface area contributed by atoms with Crippen molar-refractivity contribution in [3.05, 3.63) is 35.5 Å². The van der Waals surface area contributed by atoms with Crippen LogP contribution >= 0.6 is 0 Å². The second kappa shape index (κ2) is 8.15. The number of ether oxygens (including phenoxy) is 3. The normalized spacial score (nSPS) is 43.6. The summed E-state index contributed by atoms with van der Waals surface area (Å²) in [6, 6.07) is 0. The number of allylic oxidation sites excluding steroid dienone is 3. The van der Waals surface area contributed by atoms with Crippen LogP contribution in [0, 0.1) is 39.4 Å². The molecule has 5 rings (SSSR count). The molecule has 1 unspecified atom stereocenters. The first kappa shape index (κ1) is 25.9. The van der Waals surface area contributed by atoms with Gasteiger partial charge in [0.1, 0.15) is 6.10 Å². The molecule has 2 fully saturated rings. The van der Waals surface area contributed by atoms with Gasteiger partial charge >= 0.3 is 17.9 Å². The molecule has 0 amide bonds. The Labute approximate surface area is 218 Å². The lowest BCUT2D eigenvalue weighted by Gasteiger charge is -2.66. The van der Waals surface area contributed by atoms with Gasteiger partial charge in [-0.05, 0) is 54.4 Å². The monoisotopic (exact) mass is 510 g/mol. The summed E-state index contributed by atoms with van der Waals surface area (Å²) in [6.45, 7) is 13.5. The van der Waals surface area contributed by atoms with Crippen LogP contribution in [-0.4, -0.2) is 36.1 Å². The van der Waals surface area contributed by atoms with Gasteiger partial charge in [0.2, 0.25) is 0 Å². The van der Waals surface area contributed by atoms with E-state index < -0.39 is 29.1 Å². The van der Waals surface area contributed by atoms with Gasteiger partial charge in [0.15, 0.2) is 5.78 Å². The van der Waals surface area contributed by atoms with Gasteiger partial charge in [0, 0.05) is 42.2 Å². The van der Waals surface area contributed by atoms with Crippen molar-refractivity contribution in [2.45, 2.75) is 86.5 Å². The Morgan fingerprint density at radius 3 is 2.32 bits per heavy atom. The summed E-state index contributed by atoms with van der Waals surface area (Å²) >= 11 is 0. The summed E-state index contributed by atoms with van der Waals surface area (Å²) in [5, 5.41) is 0. The number of cyclic esters (lactones) is 1. The predicted octanol–water partition coefficient (Wildman–Crippen LogP) is 4.85. The molecule has 0 bridgehead atoms. The maximum Gasteiger partial charge on any atom is 0.334 e. The average Bonchev–Trinajstić information content (AvgIpc) is 3.31. The molecule has 0 N–H and O–H groups in total. The minimum absolute atomic E-state index is 0.0407. The first-order valence-electron chi connectivity index (χ1n) is 13.4. The van der Waals surface area contributed by atoms with E-state index in [4.69, 9.17) is 14.2 Å². The van der Waals surface area contributed by atoms with Crippen LogP contribution in [0.15, 0.2) is 35.5 Å². The number of fused-ring (bicyclic) bond motifs is 5. The number of ketones is 1. The van der Waals surface area contributed by atoms with Crippen LogP contribution in [-0.2, 0) is 33.4 Å². The molecule has 1 aliphatic heterocycles. The first-order chi connectivity index (χ1) is 17.2. The maximum atomic E-state index is 13.0. The van der Waals surface area contributed by atoms with Crippen molar-refractivity contribution in [2.24, 2.45) is 39.4 Å². The zero-order chi connectivity index (χ0) is 27.1. The molecular formula is C30H38O7. The largest absolute Gasteiger partial charge is 0.462 e. The standard InChI is InChI=1S/C30H38O7/c1-16(31)35-24-15-22-27(3,4)23(33)11-13-29(22,6)21-10-12-28(5)19(8-9-20(28)30(21,24)7)18-14-25(34)37-26(18)36-17(2)32/h9,11,13-14,19,21-22,24,26H,8,10,12,15H2,1-7H3/t19-,21+,22?,24+,26-,28-,29+,30-/m0/s1. The molecule has 200 valence electrons. The molecule has 7 nitrogen and oxygen atoms in total. The van der Waals surface area contributed by atoms with Crippen molar-refractivity contribution in [1.29, 1.82) is 0 Å². The van der Waals surface area contributed by atoms with Gasteiger partial charge in [-0.25, -0.2) is 4.79 Å². The van der Waals surface area contributed by atoms with Crippen molar-refractivity contribution in [3.63, 3.8) is 0 Å². The smallest absolute Gasteiger partial charge is 0.334 e. The van der Waals surface area contributed by atoms with Crippen molar-refractivity contribution < 1.29 is 33.4 Å². The summed E-state index contributed by atoms with van der Waals surface area (Å²) in [5.74, 6) is -1.07. The highest BCUT2D eigenvalue weighted by Gasteiger charge is 2.68. The van der Waals surface area contributed by atoms with Crippen LogP contribution in [0.5, 0.6) is 0 Å². The lowest BCUT2D eigenvalue weighted by atomic mass is 9.38. The molecule has 0 aromatic rings. The molecular weight excluding hydrogens is 472 g/mol. The van der Waals surface area contributed by atoms with E-state index in [1.807, 2.05) is 13.8 Å². The Balaban J connectivity index is 1.59. The lowest BCUT2D eigenvalue weighted by molar-refractivity contribution is -0.187. The van der Waals surface area contributed by atoms with E-state index in [0.717, 1.165) is 12.8 Å². The number of carbonyl (C=O) groups is 4. The first-order valence-corrected chi connectivity index (χ1v) is 13.4. The Morgan fingerprint density at radius 2 is 1.68 bits per heavy atom. The number of hydrogen-bond acceptors (Lipinski definition) is 7. The number of carbonyl (C=O) groups excluding carboxylic acids is 4. The molecule has 0 radical (unpaired) electrons. The highest BCUT2D eigenvalue weighted by molar-refractivity contribution is 5.95. The molecule has 7 heteroatoms. The van der Waals surface area contributed by atoms with E-state index in [1.54, 1.807) is 6.08 Å². The van der Waals surface area contributed by atoms with E-state index in [2.05, 4.69) is 32.9 Å². The van der Waals surface area contributed by atoms with Crippen molar-refractivity contribution >= 4 is 23.7 Å². The molecule has 0 saturated heterocycles. The fourth-order valence-electron chi connectivity index (χ4n) is 9.04. The predicted molar refractivity (Wildman–Crippen MR) is 135 cm³/mol. The topological polar surface area (TPSA) is 96.0 Å². The molecule has 0 aromatic heterocycles. The Morgan fingerprint density at radius 1 is 1.00 bits per heavy atom. The Kier molecular flexibility index (Phi) is 5.71. The Hall–Kier alpha value is -2.70. The second-order valence-corrected chi connectivity index (χ2v) is 12.9. The van der Waals surface area contributed by atoms with Gasteiger partial charge in [0.05, 0.1) is 0 Å². The number of hydrogen-bond donors (Lipinski definition) is 0. The summed E-state index contributed by atoms with van der Waals surface area (Å²) in [6.07, 6.45) is 9.26. The summed E-state index contributed by atoms with van der Waals surface area (Å²) in [7, 11) is 0. The van der Waals surface area contributed by atoms with E-state index >= 15 is 0 Å². The summed E-state index contributed by atoms with van der Waals surface area (Å²) in [5.41, 5.74) is 0.353. The van der Waals surface area contributed by atoms with Crippen molar-refractivity contribution in [1.82, 2.24) is 0 Å². The van der Waals surface area contributed by atoms with E-state index in [0.29, 0.717) is 18.4 Å². The molecule has 2 saturated carbocycles. The molecule has 1 heterocycles. The van der Waals surface area contributed by atoms with Gasteiger partial charge in [-0.15, -0.1) is 0 Å².